The molecule has 0 aliphatic heterocycles. The Morgan fingerprint density at radius 1 is 1.40 bits per heavy atom. The lowest BCUT2D eigenvalue weighted by Crippen LogP contribution is -2.04. The zero-order chi connectivity index (χ0) is 10.8. The molecule has 0 atom stereocenters. The number of rotatable bonds is 2. The van der Waals surface area contributed by atoms with Crippen LogP contribution in [0.1, 0.15) is 16.2 Å². The minimum absolute atomic E-state index is 0.0138. The van der Waals surface area contributed by atoms with Gasteiger partial charge in [-0.1, -0.05) is 0 Å². The fraction of sp³-hybridized carbons (Fsp3) is 0.111. The van der Waals surface area contributed by atoms with Crippen LogP contribution in [0.4, 0.5) is 0 Å². The third-order valence-corrected chi connectivity index (χ3v) is 1.88. The molecular formula is C9H8N4O2. The van der Waals surface area contributed by atoms with E-state index in [1.807, 2.05) is 0 Å². The Balaban J connectivity index is 2.46. The zero-order valence-electron chi connectivity index (χ0n) is 7.95. The molecule has 0 bridgehead atoms. The van der Waals surface area contributed by atoms with Crippen LogP contribution in [0.25, 0.3) is 5.82 Å². The average molecular weight is 204 g/mol. The highest BCUT2D eigenvalue weighted by molar-refractivity contribution is 5.85. The van der Waals surface area contributed by atoms with Gasteiger partial charge in [-0.25, -0.2) is 14.5 Å². The molecular weight excluding hydrogens is 196 g/mol. The number of carboxylic acid groups (broad SMARTS) is 1. The van der Waals surface area contributed by atoms with Gasteiger partial charge in [-0.05, 0) is 13.0 Å². The SMILES string of the molecule is Cc1nccnc1-n1ccc(C(=O)O)n1. The first kappa shape index (κ1) is 9.32. The quantitative estimate of drug-likeness (QED) is 0.777. The number of aryl methyl sites for hydroxylation is 1. The molecule has 0 spiro atoms. The summed E-state index contributed by atoms with van der Waals surface area (Å²) >= 11 is 0. The van der Waals surface area contributed by atoms with E-state index in [0.29, 0.717) is 11.5 Å². The van der Waals surface area contributed by atoms with Crippen LogP contribution in [-0.4, -0.2) is 30.8 Å². The lowest BCUT2D eigenvalue weighted by atomic mass is 10.4. The fourth-order valence-corrected chi connectivity index (χ4v) is 1.18. The third-order valence-electron chi connectivity index (χ3n) is 1.88. The van der Waals surface area contributed by atoms with Crippen molar-refractivity contribution in [1.29, 1.82) is 0 Å². The number of nitrogens with zero attached hydrogens (tertiary/aromatic N) is 4. The van der Waals surface area contributed by atoms with Gasteiger partial charge < -0.3 is 5.11 Å². The molecule has 0 amide bonds. The van der Waals surface area contributed by atoms with Crippen molar-refractivity contribution in [3.63, 3.8) is 0 Å². The van der Waals surface area contributed by atoms with Gasteiger partial charge in [0, 0.05) is 18.6 Å². The van der Waals surface area contributed by atoms with Crippen molar-refractivity contribution >= 4 is 5.97 Å². The highest BCUT2D eigenvalue weighted by Gasteiger charge is 2.09. The molecule has 0 unspecified atom stereocenters. The number of aromatic carboxylic acids is 1. The molecule has 2 aromatic heterocycles. The molecule has 2 aromatic rings. The molecule has 0 fully saturated rings. The van der Waals surface area contributed by atoms with Crippen molar-refractivity contribution in [3.8, 4) is 5.82 Å². The smallest absolute Gasteiger partial charge is 0.356 e. The highest BCUT2D eigenvalue weighted by atomic mass is 16.4. The van der Waals surface area contributed by atoms with E-state index in [4.69, 9.17) is 5.11 Å². The highest BCUT2D eigenvalue weighted by Crippen LogP contribution is 2.06. The van der Waals surface area contributed by atoms with Gasteiger partial charge in [0.2, 0.25) is 0 Å². The van der Waals surface area contributed by atoms with Gasteiger partial charge in [-0.3, -0.25) is 4.98 Å². The van der Waals surface area contributed by atoms with Crippen molar-refractivity contribution in [2.24, 2.45) is 0 Å². The van der Waals surface area contributed by atoms with Crippen LogP contribution < -0.4 is 0 Å². The molecule has 6 heteroatoms. The zero-order valence-corrected chi connectivity index (χ0v) is 7.95. The lowest BCUT2D eigenvalue weighted by molar-refractivity contribution is 0.0690. The predicted octanol–water partition coefficient (Wildman–Crippen LogP) is 0.669. The Morgan fingerprint density at radius 3 is 2.73 bits per heavy atom. The normalized spacial score (nSPS) is 10.2. The predicted molar refractivity (Wildman–Crippen MR) is 50.9 cm³/mol. The van der Waals surface area contributed by atoms with Crippen molar-refractivity contribution in [2.45, 2.75) is 6.92 Å². The van der Waals surface area contributed by atoms with E-state index in [1.165, 1.54) is 16.9 Å². The van der Waals surface area contributed by atoms with E-state index in [2.05, 4.69) is 15.1 Å². The molecule has 0 aliphatic carbocycles. The Hall–Kier alpha value is -2.24. The van der Waals surface area contributed by atoms with Gasteiger partial charge >= 0.3 is 5.97 Å². The Morgan fingerprint density at radius 2 is 2.13 bits per heavy atom. The van der Waals surface area contributed by atoms with Gasteiger partial charge in [0.15, 0.2) is 11.5 Å². The minimum atomic E-state index is -1.06. The molecule has 0 aromatic carbocycles. The first-order chi connectivity index (χ1) is 7.18. The van der Waals surface area contributed by atoms with Gasteiger partial charge in [0.1, 0.15) is 0 Å². The number of carbonyl (C=O) groups is 1. The van der Waals surface area contributed by atoms with Crippen LogP contribution in [0.15, 0.2) is 24.7 Å². The summed E-state index contributed by atoms with van der Waals surface area (Å²) in [6, 6.07) is 1.41. The second kappa shape index (κ2) is 3.49. The van der Waals surface area contributed by atoms with E-state index in [9.17, 15) is 4.79 Å². The molecule has 0 aliphatic rings. The maximum Gasteiger partial charge on any atom is 0.356 e. The standard InChI is InChI=1S/C9H8N4O2/c1-6-8(11-4-3-10-6)13-5-2-7(12-13)9(14)15/h2-5H,1H3,(H,14,15). The number of aromatic nitrogens is 4. The monoisotopic (exact) mass is 204 g/mol. The van der Waals surface area contributed by atoms with E-state index >= 15 is 0 Å². The van der Waals surface area contributed by atoms with Crippen molar-refractivity contribution in [1.82, 2.24) is 19.7 Å². The number of hydrogen-bond acceptors (Lipinski definition) is 4. The summed E-state index contributed by atoms with van der Waals surface area (Å²) in [5, 5.41) is 12.6. The molecule has 15 heavy (non-hydrogen) atoms. The van der Waals surface area contributed by atoms with E-state index < -0.39 is 5.97 Å². The molecule has 6 nitrogen and oxygen atoms in total. The van der Waals surface area contributed by atoms with Gasteiger partial charge in [-0.2, -0.15) is 5.10 Å². The Labute approximate surface area is 85.2 Å². The molecule has 1 N–H and O–H groups in total. The van der Waals surface area contributed by atoms with E-state index in [-0.39, 0.29) is 5.69 Å². The molecule has 2 rings (SSSR count). The molecule has 0 saturated carbocycles. The third kappa shape index (κ3) is 1.69. The summed E-state index contributed by atoms with van der Waals surface area (Å²) < 4.78 is 1.39. The van der Waals surface area contributed by atoms with Gasteiger partial charge in [0.05, 0.1) is 5.69 Å². The van der Waals surface area contributed by atoms with Crippen molar-refractivity contribution in [2.75, 3.05) is 0 Å². The summed E-state index contributed by atoms with van der Waals surface area (Å²) in [6.07, 6.45) is 4.64. The summed E-state index contributed by atoms with van der Waals surface area (Å²) in [6.45, 7) is 1.78. The molecule has 0 saturated heterocycles. The minimum Gasteiger partial charge on any atom is -0.476 e. The van der Waals surface area contributed by atoms with Gasteiger partial charge in [0.25, 0.3) is 0 Å². The van der Waals surface area contributed by atoms with Crippen LogP contribution in [0.3, 0.4) is 0 Å². The Bertz CT molecular complexity index is 506. The summed E-state index contributed by atoms with van der Waals surface area (Å²) in [5.74, 6) is -0.528. The van der Waals surface area contributed by atoms with E-state index in [1.54, 1.807) is 19.3 Å². The summed E-state index contributed by atoms with van der Waals surface area (Å²) in [4.78, 5) is 18.7. The summed E-state index contributed by atoms with van der Waals surface area (Å²) in [7, 11) is 0. The Kier molecular flexibility index (Phi) is 2.17. The van der Waals surface area contributed by atoms with E-state index in [0.717, 1.165) is 0 Å². The lowest BCUT2D eigenvalue weighted by Gasteiger charge is -2.01. The van der Waals surface area contributed by atoms with Gasteiger partial charge in [-0.15, -0.1) is 0 Å². The van der Waals surface area contributed by atoms with Crippen LogP contribution in [0, 0.1) is 6.92 Å². The van der Waals surface area contributed by atoms with Crippen molar-refractivity contribution in [3.05, 3.63) is 36.0 Å². The second-order valence-electron chi connectivity index (χ2n) is 2.92. The van der Waals surface area contributed by atoms with Crippen LogP contribution in [-0.2, 0) is 0 Å². The fourth-order valence-electron chi connectivity index (χ4n) is 1.18. The molecule has 76 valence electrons. The first-order valence-corrected chi connectivity index (χ1v) is 4.25. The number of hydrogen-bond donors (Lipinski definition) is 1. The second-order valence-corrected chi connectivity index (χ2v) is 2.92. The van der Waals surface area contributed by atoms with Crippen LogP contribution in [0.5, 0.6) is 0 Å². The maximum absolute atomic E-state index is 10.6. The maximum atomic E-state index is 10.6. The first-order valence-electron chi connectivity index (χ1n) is 4.25. The largest absolute Gasteiger partial charge is 0.476 e. The van der Waals surface area contributed by atoms with Crippen molar-refractivity contribution < 1.29 is 9.90 Å². The summed E-state index contributed by atoms with van der Waals surface area (Å²) in [5.41, 5.74) is 0.678. The topological polar surface area (TPSA) is 80.9 Å². The van der Waals surface area contributed by atoms with Crippen LogP contribution >= 0.6 is 0 Å². The van der Waals surface area contributed by atoms with Crippen LogP contribution in [0.2, 0.25) is 0 Å². The average Bonchev–Trinajstić information content (AvgIpc) is 2.67. The number of carboxylic acids is 1. The molecule has 2 heterocycles. The molecule has 0 radical (unpaired) electrons.